The highest BCUT2D eigenvalue weighted by molar-refractivity contribution is 7.99. The Morgan fingerprint density at radius 2 is 1.88 bits per heavy atom. The van der Waals surface area contributed by atoms with Gasteiger partial charge in [-0.05, 0) is 31.2 Å². The van der Waals surface area contributed by atoms with E-state index in [1.54, 1.807) is 26.8 Å². The van der Waals surface area contributed by atoms with Gasteiger partial charge in [0, 0.05) is 24.8 Å². The highest BCUT2D eigenvalue weighted by atomic mass is 32.2. The third kappa shape index (κ3) is 5.30. The van der Waals surface area contributed by atoms with Gasteiger partial charge in [-0.15, -0.1) is 0 Å². The molecule has 0 N–H and O–H groups in total. The minimum atomic E-state index is -4.47. The zero-order chi connectivity index (χ0) is 23.5. The van der Waals surface area contributed by atoms with Crippen molar-refractivity contribution in [2.24, 2.45) is 0 Å². The van der Waals surface area contributed by atoms with Crippen molar-refractivity contribution in [3.05, 3.63) is 54.0 Å². The standard InChI is InChI=1S/C20H21F3N4O3S2/c1-4-27(5-2)32(28,29)16-9-10-17(24-12-16)31-13(3)19-25-18(26-30-19)14-7-6-8-15(11-14)20(21,22)23/h6-13H,4-5H2,1-3H3. The lowest BCUT2D eigenvalue weighted by Crippen LogP contribution is -2.30. The average Bonchev–Trinajstić information content (AvgIpc) is 3.25. The van der Waals surface area contributed by atoms with E-state index >= 15 is 0 Å². The number of alkyl halides is 3. The van der Waals surface area contributed by atoms with Gasteiger partial charge in [-0.3, -0.25) is 0 Å². The Morgan fingerprint density at radius 1 is 1.16 bits per heavy atom. The van der Waals surface area contributed by atoms with Gasteiger partial charge in [0.15, 0.2) is 0 Å². The van der Waals surface area contributed by atoms with Gasteiger partial charge in [-0.25, -0.2) is 13.4 Å². The minimum Gasteiger partial charge on any atom is -0.338 e. The summed E-state index contributed by atoms with van der Waals surface area (Å²) in [4.78, 5) is 8.51. The summed E-state index contributed by atoms with van der Waals surface area (Å²) in [7, 11) is -3.60. The second-order valence-corrected chi connectivity index (χ2v) is 10.0. The maximum absolute atomic E-state index is 12.9. The van der Waals surface area contributed by atoms with E-state index in [1.807, 2.05) is 0 Å². The quantitative estimate of drug-likeness (QED) is 0.412. The molecule has 3 rings (SSSR count). The van der Waals surface area contributed by atoms with Gasteiger partial charge < -0.3 is 4.52 Å². The molecule has 0 aliphatic carbocycles. The summed E-state index contributed by atoms with van der Waals surface area (Å²) in [5.41, 5.74) is -0.608. The number of nitrogens with zero attached hydrogens (tertiary/aromatic N) is 4. The van der Waals surface area contributed by atoms with E-state index in [0.717, 1.165) is 12.1 Å². The fourth-order valence-corrected chi connectivity index (χ4v) is 5.11. The smallest absolute Gasteiger partial charge is 0.338 e. The van der Waals surface area contributed by atoms with Gasteiger partial charge in [-0.2, -0.15) is 22.5 Å². The molecule has 1 unspecified atom stereocenters. The van der Waals surface area contributed by atoms with Crippen LogP contribution in [0.25, 0.3) is 11.4 Å². The molecule has 1 aromatic carbocycles. The summed E-state index contributed by atoms with van der Waals surface area (Å²) < 4.78 is 70.5. The molecule has 0 saturated carbocycles. The van der Waals surface area contributed by atoms with Crippen molar-refractivity contribution in [3.63, 3.8) is 0 Å². The molecule has 172 valence electrons. The highest BCUT2D eigenvalue weighted by Gasteiger charge is 2.31. The highest BCUT2D eigenvalue weighted by Crippen LogP contribution is 2.35. The van der Waals surface area contributed by atoms with Gasteiger partial charge in [0.1, 0.15) is 4.90 Å². The number of hydrogen-bond acceptors (Lipinski definition) is 7. The lowest BCUT2D eigenvalue weighted by Gasteiger charge is -2.18. The molecule has 32 heavy (non-hydrogen) atoms. The number of hydrogen-bond donors (Lipinski definition) is 0. The number of sulfonamides is 1. The van der Waals surface area contributed by atoms with Crippen molar-refractivity contribution in [2.45, 2.75) is 42.1 Å². The van der Waals surface area contributed by atoms with Gasteiger partial charge in [-0.1, -0.05) is 42.9 Å². The van der Waals surface area contributed by atoms with Crippen LogP contribution in [-0.4, -0.2) is 40.9 Å². The number of halogens is 3. The van der Waals surface area contributed by atoms with Crippen LogP contribution in [0.15, 0.2) is 57.0 Å². The van der Waals surface area contributed by atoms with E-state index < -0.39 is 21.8 Å². The molecule has 3 aromatic rings. The second kappa shape index (κ2) is 9.59. The zero-order valence-electron chi connectivity index (χ0n) is 17.5. The van der Waals surface area contributed by atoms with Crippen LogP contribution in [0.3, 0.4) is 0 Å². The molecule has 0 aliphatic heterocycles. The van der Waals surface area contributed by atoms with E-state index in [1.165, 1.54) is 40.5 Å². The van der Waals surface area contributed by atoms with E-state index in [2.05, 4.69) is 15.1 Å². The second-order valence-electron chi connectivity index (χ2n) is 6.72. The molecule has 7 nitrogen and oxygen atoms in total. The van der Waals surface area contributed by atoms with Gasteiger partial charge in [0.2, 0.25) is 21.7 Å². The van der Waals surface area contributed by atoms with Gasteiger partial charge in [0.05, 0.1) is 15.8 Å². The van der Waals surface area contributed by atoms with Crippen molar-refractivity contribution in [2.75, 3.05) is 13.1 Å². The van der Waals surface area contributed by atoms with Crippen LogP contribution in [-0.2, 0) is 16.2 Å². The molecule has 0 aliphatic rings. The fourth-order valence-electron chi connectivity index (χ4n) is 2.89. The molecule has 0 amide bonds. The Morgan fingerprint density at radius 3 is 2.47 bits per heavy atom. The summed E-state index contributed by atoms with van der Waals surface area (Å²) in [6, 6.07) is 7.75. The van der Waals surface area contributed by atoms with Gasteiger partial charge >= 0.3 is 6.18 Å². The van der Waals surface area contributed by atoms with Crippen LogP contribution < -0.4 is 0 Å². The molecule has 0 saturated heterocycles. The van der Waals surface area contributed by atoms with Crippen molar-refractivity contribution < 1.29 is 26.1 Å². The summed E-state index contributed by atoms with van der Waals surface area (Å²) in [6.45, 7) is 6.02. The number of pyridine rings is 1. The number of benzene rings is 1. The summed E-state index contributed by atoms with van der Waals surface area (Å²) in [5.74, 6) is 0.260. The molecule has 12 heteroatoms. The normalized spacial score (nSPS) is 13.5. The lowest BCUT2D eigenvalue weighted by atomic mass is 10.1. The topological polar surface area (TPSA) is 89.2 Å². The first-order valence-corrected chi connectivity index (χ1v) is 12.0. The molecule has 1 atom stereocenters. The lowest BCUT2D eigenvalue weighted by molar-refractivity contribution is -0.137. The van der Waals surface area contributed by atoms with E-state index in [4.69, 9.17) is 4.52 Å². The summed E-state index contributed by atoms with van der Waals surface area (Å²) in [6.07, 6.45) is -3.17. The maximum Gasteiger partial charge on any atom is 0.416 e. The third-order valence-corrected chi connectivity index (χ3v) is 7.66. The van der Waals surface area contributed by atoms with Crippen molar-refractivity contribution in [1.82, 2.24) is 19.4 Å². The van der Waals surface area contributed by atoms with E-state index in [-0.39, 0.29) is 27.4 Å². The molecule has 2 heterocycles. The number of thioether (sulfide) groups is 1. The van der Waals surface area contributed by atoms with Crippen LogP contribution in [0.1, 0.15) is 37.5 Å². The predicted molar refractivity (Wildman–Crippen MR) is 113 cm³/mol. The molecule has 0 bridgehead atoms. The Hall–Kier alpha value is -2.44. The van der Waals surface area contributed by atoms with Crippen LogP contribution in [0.2, 0.25) is 0 Å². The molecule has 2 aromatic heterocycles. The molecular weight excluding hydrogens is 465 g/mol. The number of rotatable bonds is 8. The zero-order valence-corrected chi connectivity index (χ0v) is 19.1. The largest absolute Gasteiger partial charge is 0.416 e. The van der Waals surface area contributed by atoms with Crippen LogP contribution in [0.4, 0.5) is 13.2 Å². The monoisotopic (exact) mass is 486 g/mol. The van der Waals surface area contributed by atoms with Crippen LogP contribution in [0.5, 0.6) is 0 Å². The minimum absolute atomic E-state index is 0.0483. The molecular formula is C20H21F3N4O3S2. The Kier molecular flexibility index (Phi) is 7.25. The van der Waals surface area contributed by atoms with Gasteiger partial charge in [0.25, 0.3) is 0 Å². The Labute approximate surface area is 188 Å². The SMILES string of the molecule is CCN(CC)S(=O)(=O)c1ccc(SC(C)c2nc(-c3cccc(C(F)(F)F)c3)no2)nc1. The number of aromatic nitrogens is 3. The Bertz CT molecular complexity index is 1160. The van der Waals surface area contributed by atoms with Crippen LogP contribution in [0, 0.1) is 0 Å². The molecule has 0 radical (unpaired) electrons. The first kappa shape index (κ1) is 24.2. The van der Waals surface area contributed by atoms with Crippen molar-refractivity contribution in [1.29, 1.82) is 0 Å². The predicted octanol–water partition coefficient (Wildman–Crippen LogP) is 5.03. The van der Waals surface area contributed by atoms with Crippen molar-refractivity contribution >= 4 is 21.8 Å². The van der Waals surface area contributed by atoms with Crippen molar-refractivity contribution in [3.8, 4) is 11.4 Å². The summed E-state index contributed by atoms with van der Waals surface area (Å²) in [5, 5.41) is 3.96. The fraction of sp³-hybridized carbons (Fsp3) is 0.350. The molecule has 0 fully saturated rings. The van der Waals surface area contributed by atoms with E-state index in [9.17, 15) is 21.6 Å². The van der Waals surface area contributed by atoms with E-state index in [0.29, 0.717) is 18.1 Å². The third-order valence-electron chi connectivity index (χ3n) is 4.59. The molecule has 0 spiro atoms. The summed E-state index contributed by atoms with van der Waals surface area (Å²) >= 11 is 1.26. The first-order chi connectivity index (χ1) is 15.1. The average molecular weight is 487 g/mol. The van der Waals surface area contributed by atoms with Crippen LogP contribution >= 0.6 is 11.8 Å². The maximum atomic E-state index is 12.9. The Balaban J connectivity index is 1.74. The first-order valence-electron chi connectivity index (χ1n) is 9.70.